The first kappa shape index (κ1) is 18.9. The number of rotatable bonds is 0. The van der Waals surface area contributed by atoms with E-state index in [9.17, 15) is 0 Å². The smallest absolute Gasteiger partial charge is 0.0267 e. The van der Waals surface area contributed by atoms with Crippen LogP contribution in [0.5, 0.6) is 0 Å². The molecule has 0 aromatic carbocycles. The average Bonchev–Trinajstić information content (AvgIpc) is 2.24. The summed E-state index contributed by atoms with van der Waals surface area (Å²) < 4.78 is 0. The van der Waals surface area contributed by atoms with Gasteiger partial charge in [-0.05, 0) is 24.3 Å². The molecule has 0 aliphatic carbocycles. The Balaban J connectivity index is -0.000000160. The van der Waals surface area contributed by atoms with Gasteiger partial charge in [0.05, 0.1) is 0 Å². The Hall–Kier alpha value is -1.82. The highest BCUT2D eigenvalue weighted by Crippen LogP contribution is 1.74. The molecule has 5 heteroatoms. The summed E-state index contributed by atoms with van der Waals surface area (Å²) in [6, 6.07) is 11.4. The van der Waals surface area contributed by atoms with Crippen LogP contribution in [0, 0.1) is 0 Å². The molecule has 0 spiro atoms. The van der Waals surface area contributed by atoms with E-state index < -0.39 is 0 Å². The van der Waals surface area contributed by atoms with Gasteiger partial charge in [0.15, 0.2) is 0 Å². The highest BCUT2D eigenvalue weighted by molar-refractivity contribution is 4.88. The van der Waals surface area contributed by atoms with E-state index in [-0.39, 0.29) is 16.4 Å². The van der Waals surface area contributed by atoms with Gasteiger partial charge < -0.3 is 16.4 Å². The van der Waals surface area contributed by atoms with Crippen LogP contribution >= 0.6 is 0 Å². The summed E-state index contributed by atoms with van der Waals surface area (Å²) in [4.78, 5) is 7.57. The lowest BCUT2D eigenvalue weighted by atomic mass is 10.5. The van der Waals surface area contributed by atoms with Gasteiger partial charge in [-0.15, -0.1) is 0 Å². The van der Waals surface area contributed by atoms with E-state index in [1.165, 1.54) is 0 Å². The van der Waals surface area contributed by atoms with Crippen molar-refractivity contribution in [3.63, 3.8) is 0 Å². The third-order valence-corrected chi connectivity index (χ3v) is 1.13. The van der Waals surface area contributed by atoms with Gasteiger partial charge in [-0.25, -0.2) is 0 Å². The number of aromatic nitrogens is 2. The van der Waals surface area contributed by atoms with Crippen LogP contribution in [-0.2, 0) is 0 Å². The highest BCUT2D eigenvalue weighted by Gasteiger charge is 1.59. The Bertz CT molecular complexity index is 194. The summed E-state index contributed by atoms with van der Waals surface area (Å²) >= 11 is 0. The van der Waals surface area contributed by atoms with Crippen LogP contribution in [0.1, 0.15) is 0 Å². The molecule has 0 radical (unpaired) electrons. The van der Waals surface area contributed by atoms with Crippen LogP contribution < -0.4 is 0 Å². The second-order valence-electron chi connectivity index (χ2n) is 2.05. The lowest BCUT2D eigenvalue weighted by Crippen LogP contribution is -1.58. The summed E-state index contributed by atoms with van der Waals surface area (Å²) in [5.41, 5.74) is 0. The highest BCUT2D eigenvalue weighted by atomic mass is 16.0. The molecule has 6 N–H and O–H groups in total. The molecule has 2 heterocycles. The SMILES string of the molecule is O.O.O.c1ccncc1.c1ccncc1. The van der Waals surface area contributed by atoms with Crippen LogP contribution in [0.25, 0.3) is 0 Å². The second kappa shape index (κ2) is 14.7. The summed E-state index contributed by atoms with van der Waals surface area (Å²) in [6.07, 6.45) is 7.00. The quantitative estimate of drug-likeness (QED) is 0.594. The molecule has 0 atom stereocenters. The van der Waals surface area contributed by atoms with Crippen LogP contribution in [-0.4, -0.2) is 26.4 Å². The van der Waals surface area contributed by atoms with Crippen LogP contribution in [0.15, 0.2) is 61.2 Å². The predicted octanol–water partition coefficient (Wildman–Crippen LogP) is -0.311. The molecule has 0 saturated carbocycles. The van der Waals surface area contributed by atoms with Crippen LogP contribution in [0.4, 0.5) is 0 Å². The fraction of sp³-hybridized carbons (Fsp3) is 0. The minimum Gasteiger partial charge on any atom is -0.412 e. The van der Waals surface area contributed by atoms with E-state index in [0.717, 1.165) is 0 Å². The van der Waals surface area contributed by atoms with E-state index in [1.807, 2.05) is 36.4 Å². The zero-order valence-electron chi connectivity index (χ0n) is 8.17. The normalized spacial score (nSPS) is 6.40. The predicted molar refractivity (Wildman–Crippen MR) is 59.3 cm³/mol. The minimum absolute atomic E-state index is 0. The first-order valence-corrected chi connectivity index (χ1v) is 3.70. The number of nitrogens with zero attached hydrogens (tertiary/aromatic N) is 2. The first-order valence-electron chi connectivity index (χ1n) is 3.70. The van der Waals surface area contributed by atoms with Gasteiger partial charge >= 0.3 is 0 Å². The number of hydrogen-bond acceptors (Lipinski definition) is 2. The van der Waals surface area contributed by atoms with Crippen molar-refractivity contribution in [3.05, 3.63) is 61.2 Å². The summed E-state index contributed by atoms with van der Waals surface area (Å²) in [5, 5.41) is 0. The second-order valence-corrected chi connectivity index (χ2v) is 2.05. The maximum absolute atomic E-state index is 3.78. The Morgan fingerprint density at radius 1 is 0.400 bits per heavy atom. The van der Waals surface area contributed by atoms with Crippen molar-refractivity contribution in [2.75, 3.05) is 0 Å². The summed E-state index contributed by atoms with van der Waals surface area (Å²) in [7, 11) is 0. The van der Waals surface area contributed by atoms with Crippen molar-refractivity contribution in [2.24, 2.45) is 0 Å². The maximum atomic E-state index is 3.78. The molecule has 0 amide bonds. The van der Waals surface area contributed by atoms with Crippen LogP contribution in [0.2, 0.25) is 0 Å². The van der Waals surface area contributed by atoms with Gasteiger partial charge in [-0.2, -0.15) is 0 Å². The van der Waals surface area contributed by atoms with E-state index in [1.54, 1.807) is 24.8 Å². The fourth-order valence-corrected chi connectivity index (χ4v) is 0.625. The maximum Gasteiger partial charge on any atom is 0.0267 e. The molecule has 84 valence electrons. The minimum atomic E-state index is 0. The molecular weight excluding hydrogens is 196 g/mol. The Labute approximate surface area is 88.4 Å². The van der Waals surface area contributed by atoms with Gasteiger partial charge in [0.2, 0.25) is 0 Å². The van der Waals surface area contributed by atoms with Crippen molar-refractivity contribution in [1.29, 1.82) is 0 Å². The van der Waals surface area contributed by atoms with Gasteiger partial charge in [0.1, 0.15) is 0 Å². The van der Waals surface area contributed by atoms with Crippen molar-refractivity contribution < 1.29 is 16.4 Å². The molecule has 15 heavy (non-hydrogen) atoms. The lowest BCUT2D eigenvalue weighted by molar-refractivity contribution is 0.823. The van der Waals surface area contributed by atoms with Gasteiger partial charge in [-0.3, -0.25) is 9.97 Å². The molecule has 0 fully saturated rings. The third kappa shape index (κ3) is 12.2. The van der Waals surface area contributed by atoms with Crippen molar-refractivity contribution in [1.82, 2.24) is 9.97 Å². The molecule has 0 bridgehead atoms. The first-order chi connectivity index (χ1) is 6.00. The molecule has 0 unspecified atom stereocenters. The number of pyridine rings is 2. The molecule has 5 nitrogen and oxygen atoms in total. The molecule has 0 saturated heterocycles. The average molecular weight is 212 g/mol. The van der Waals surface area contributed by atoms with Crippen molar-refractivity contribution >= 4 is 0 Å². The van der Waals surface area contributed by atoms with Crippen molar-refractivity contribution in [3.8, 4) is 0 Å². The topological polar surface area (TPSA) is 120 Å². The standard InChI is InChI=1S/2C5H5N.3H2O/c2*1-2-4-6-5-3-1;;;/h2*1-5H;3*1H2. The molecule has 2 aromatic heterocycles. The molecule has 0 aliphatic rings. The third-order valence-electron chi connectivity index (χ3n) is 1.13. The van der Waals surface area contributed by atoms with Crippen molar-refractivity contribution in [2.45, 2.75) is 0 Å². The monoisotopic (exact) mass is 212 g/mol. The summed E-state index contributed by atoms with van der Waals surface area (Å²) in [5.74, 6) is 0. The molecule has 2 aromatic rings. The lowest BCUT2D eigenvalue weighted by Gasteiger charge is -1.70. The fourth-order valence-electron chi connectivity index (χ4n) is 0.625. The zero-order valence-corrected chi connectivity index (χ0v) is 8.17. The van der Waals surface area contributed by atoms with E-state index >= 15 is 0 Å². The zero-order chi connectivity index (χ0) is 8.49. The molecule has 0 aliphatic heterocycles. The molecular formula is C10H16N2O3. The van der Waals surface area contributed by atoms with E-state index in [4.69, 9.17) is 0 Å². The Kier molecular flexibility index (Phi) is 18.5. The van der Waals surface area contributed by atoms with Gasteiger partial charge in [0.25, 0.3) is 0 Å². The Morgan fingerprint density at radius 3 is 0.733 bits per heavy atom. The van der Waals surface area contributed by atoms with Gasteiger partial charge in [0, 0.05) is 24.8 Å². The number of hydrogen-bond donors (Lipinski definition) is 0. The van der Waals surface area contributed by atoms with Crippen LogP contribution in [0.3, 0.4) is 0 Å². The van der Waals surface area contributed by atoms with E-state index in [0.29, 0.717) is 0 Å². The summed E-state index contributed by atoms with van der Waals surface area (Å²) in [6.45, 7) is 0. The Morgan fingerprint density at radius 2 is 0.667 bits per heavy atom. The van der Waals surface area contributed by atoms with E-state index in [2.05, 4.69) is 9.97 Å². The molecule has 2 rings (SSSR count). The largest absolute Gasteiger partial charge is 0.412 e. The van der Waals surface area contributed by atoms with Gasteiger partial charge in [-0.1, -0.05) is 12.1 Å².